The highest BCUT2D eigenvalue weighted by atomic mass is 79.9. The van der Waals surface area contributed by atoms with Crippen molar-refractivity contribution in [3.63, 3.8) is 0 Å². The number of ether oxygens (including phenoxy) is 2. The Morgan fingerprint density at radius 2 is 2.04 bits per heavy atom. The lowest BCUT2D eigenvalue weighted by Crippen LogP contribution is -2.34. The van der Waals surface area contributed by atoms with Gasteiger partial charge in [0.25, 0.3) is 11.6 Å². The van der Waals surface area contributed by atoms with Crippen LogP contribution in [0.1, 0.15) is 10.4 Å². The van der Waals surface area contributed by atoms with Crippen molar-refractivity contribution in [2.24, 2.45) is 0 Å². The van der Waals surface area contributed by atoms with Gasteiger partial charge in [-0.05, 0) is 58.5 Å². The second kappa shape index (κ2) is 10.3. The zero-order valence-corrected chi connectivity index (χ0v) is 17.7. The molecule has 0 saturated heterocycles. The fourth-order valence-corrected chi connectivity index (χ4v) is 2.95. The summed E-state index contributed by atoms with van der Waals surface area (Å²) in [6.45, 7) is 0.819. The van der Waals surface area contributed by atoms with Gasteiger partial charge in [-0.3, -0.25) is 20.2 Å². The molecule has 2 aromatic carbocycles. The Morgan fingerprint density at radius 3 is 2.68 bits per heavy atom. The summed E-state index contributed by atoms with van der Waals surface area (Å²) in [7, 11) is 1.57. The number of carbonyl (C=O) groups is 1. The molecule has 8 nitrogen and oxygen atoms in total. The van der Waals surface area contributed by atoms with E-state index >= 15 is 0 Å². The highest BCUT2D eigenvalue weighted by Crippen LogP contribution is 2.28. The molecule has 0 bridgehead atoms. The Bertz CT molecular complexity index is 912. The number of hydrogen-bond acceptors (Lipinski definition) is 6. The van der Waals surface area contributed by atoms with Crippen LogP contribution in [-0.2, 0) is 4.74 Å². The van der Waals surface area contributed by atoms with Gasteiger partial charge < -0.3 is 14.8 Å². The summed E-state index contributed by atoms with van der Waals surface area (Å²) >= 11 is 14.2. The van der Waals surface area contributed by atoms with Gasteiger partial charge in [0.2, 0.25) is 0 Å². The van der Waals surface area contributed by atoms with E-state index in [1.165, 1.54) is 18.2 Å². The number of benzene rings is 2. The van der Waals surface area contributed by atoms with Crippen molar-refractivity contribution < 1.29 is 19.2 Å². The Morgan fingerprint density at radius 1 is 1.29 bits per heavy atom. The van der Waals surface area contributed by atoms with Gasteiger partial charge in [0.15, 0.2) is 5.11 Å². The lowest BCUT2D eigenvalue weighted by Gasteiger charge is -2.11. The molecule has 0 aliphatic rings. The number of nitro groups is 1. The van der Waals surface area contributed by atoms with E-state index in [1.807, 2.05) is 0 Å². The van der Waals surface area contributed by atoms with Gasteiger partial charge in [-0.1, -0.05) is 11.6 Å². The molecule has 0 heterocycles. The fourth-order valence-electron chi connectivity index (χ4n) is 2.06. The lowest BCUT2D eigenvalue weighted by atomic mass is 10.2. The second-order valence-electron chi connectivity index (χ2n) is 5.32. The number of nitrogens with one attached hydrogen (secondary N) is 2. The molecule has 1 amide bonds. The van der Waals surface area contributed by atoms with E-state index in [0.29, 0.717) is 34.7 Å². The number of thiocarbonyl (C=S) groups is 1. The lowest BCUT2D eigenvalue weighted by molar-refractivity contribution is -0.384. The van der Waals surface area contributed by atoms with E-state index in [2.05, 4.69) is 26.6 Å². The van der Waals surface area contributed by atoms with Gasteiger partial charge in [-0.15, -0.1) is 0 Å². The van der Waals surface area contributed by atoms with E-state index in [-0.39, 0.29) is 15.8 Å². The number of rotatable bonds is 7. The maximum atomic E-state index is 12.3. The van der Waals surface area contributed by atoms with Crippen molar-refractivity contribution in [3.05, 3.63) is 61.6 Å². The van der Waals surface area contributed by atoms with Crippen LogP contribution in [0.3, 0.4) is 0 Å². The molecule has 28 heavy (non-hydrogen) atoms. The summed E-state index contributed by atoms with van der Waals surface area (Å²) in [6, 6.07) is 8.92. The molecule has 11 heteroatoms. The third kappa shape index (κ3) is 6.13. The van der Waals surface area contributed by atoms with Gasteiger partial charge in [-0.25, -0.2) is 0 Å². The molecule has 2 N–H and O–H groups in total. The number of hydrogen-bond donors (Lipinski definition) is 2. The summed E-state index contributed by atoms with van der Waals surface area (Å²) in [4.78, 5) is 22.7. The molecule has 0 aromatic heterocycles. The third-order valence-corrected chi connectivity index (χ3v) is 4.51. The topological polar surface area (TPSA) is 103 Å². The zero-order valence-electron chi connectivity index (χ0n) is 14.5. The van der Waals surface area contributed by atoms with Crippen LogP contribution in [-0.4, -0.2) is 36.3 Å². The highest BCUT2D eigenvalue weighted by molar-refractivity contribution is 9.10. The third-order valence-electron chi connectivity index (χ3n) is 3.37. The van der Waals surface area contributed by atoms with Crippen LogP contribution in [0, 0.1) is 10.1 Å². The predicted molar refractivity (Wildman–Crippen MR) is 113 cm³/mol. The van der Waals surface area contributed by atoms with Gasteiger partial charge in [-0.2, -0.15) is 0 Å². The number of nitrogens with zero attached hydrogens (tertiary/aromatic N) is 1. The molecule has 148 valence electrons. The summed E-state index contributed by atoms with van der Waals surface area (Å²) in [6.07, 6.45) is 0. The van der Waals surface area contributed by atoms with Crippen LogP contribution in [0.25, 0.3) is 0 Å². The highest BCUT2D eigenvalue weighted by Gasteiger charge is 2.15. The molecular weight excluding hydrogens is 474 g/mol. The Kier molecular flexibility index (Phi) is 8.12. The molecule has 2 rings (SSSR count). The van der Waals surface area contributed by atoms with Crippen molar-refractivity contribution in [3.8, 4) is 5.75 Å². The first-order chi connectivity index (χ1) is 13.3. The molecule has 0 fully saturated rings. The molecule has 0 saturated carbocycles. The van der Waals surface area contributed by atoms with Crippen LogP contribution < -0.4 is 15.4 Å². The number of carbonyl (C=O) groups excluding carboxylic acids is 1. The van der Waals surface area contributed by atoms with Gasteiger partial charge in [0.1, 0.15) is 17.4 Å². The van der Waals surface area contributed by atoms with Crippen LogP contribution in [0.15, 0.2) is 40.9 Å². The summed E-state index contributed by atoms with van der Waals surface area (Å²) < 4.78 is 11.0. The molecule has 0 aliphatic heterocycles. The van der Waals surface area contributed by atoms with Gasteiger partial charge >= 0.3 is 0 Å². The minimum absolute atomic E-state index is 0.00293. The Balaban J connectivity index is 2.00. The second-order valence-corrected chi connectivity index (χ2v) is 6.99. The maximum absolute atomic E-state index is 12.3. The molecule has 0 unspecified atom stereocenters. The average molecular weight is 489 g/mol. The number of anilines is 1. The number of methoxy groups -OCH3 is 1. The Hall–Kier alpha value is -2.27. The zero-order chi connectivity index (χ0) is 20.7. The molecule has 0 aliphatic carbocycles. The average Bonchev–Trinajstić information content (AvgIpc) is 2.64. The first kappa shape index (κ1) is 22.0. The molecule has 0 spiro atoms. The van der Waals surface area contributed by atoms with Crippen LogP contribution in [0.4, 0.5) is 11.4 Å². The largest absolute Gasteiger partial charge is 0.490 e. The SMILES string of the molecule is COCCOc1ccc(C(=O)NC(=S)Nc2ccc(Cl)c([N+](=O)[O-])c2)cc1Br. The standard InChI is InChI=1S/C17H15BrClN3O5S/c1-26-6-7-27-15-5-2-10(8-12(15)18)16(23)21-17(28)20-11-3-4-13(19)14(9-11)22(24)25/h2-5,8-9H,6-7H2,1H3,(H2,20,21,23,28). The van der Waals surface area contributed by atoms with Crippen LogP contribution in [0.2, 0.25) is 5.02 Å². The predicted octanol–water partition coefficient (Wildman–Crippen LogP) is 4.16. The number of nitro benzene ring substituents is 1. The van der Waals surface area contributed by atoms with E-state index in [9.17, 15) is 14.9 Å². The monoisotopic (exact) mass is 487 g/mol. The number of halogens is 2. The molecule has 0 radical (unpaired) electrons. The van der Waals surface area contributed by atoms with Crippen molar-refractivity contribution in [2.45, 2.75) is 0 Å². The fraction of sp³-hybridized carbons (Fsp3) is 0.176. The summed E-state index contributed by atoms with van der Waals surface area (Å²) in [5.74, 6) is 0.118. The minimum atomic E-state index is -0.608. The first-order valence-electron chi connectivity index (χ1n) is 7.79. The van der Waals surface area contributed by atoms with E-state index in [0.717, 1.165) is 0 Å². The van der Waals surface area contributed by atoms with E-state index in [4.69, 9.17) is 33.3 Å². The molecular formula is C17H15BrClN3O5S. The van der Waals surface area contributed by atoms with Crippen LogP contribution >= 0.6 is 39.7 Å². The molecule has 0 atom stereocenters. The van der Waals surface area contributed by atoms with Crippen molar-refractivity contribution in [1.29, 1.82) is 0 Å². The van der Waals surface area contributed by atoms with E-state index < -0.39 is 10.8 Å². The van der Waals surface area contributed by atoms with E-state index in [1.54, 1.807) is 25.3 Å². The summed E-state index contributed by atoms with van der Waals surface area (Å²) in [5.41, 5.74) is 0.399. The molecule has 2 aromatic rings. The smallest absolute Gasteiger partial charge is 0.289 e. The normalized spacial score (nSPS) is 10.2. The van der Waals surface area contributed by atoms with Crippen molar-refractivity contribution >= 4 is 62.1 Å². The van der Waals surface area contributed by atoms with Gasteiger partial charge in [0, 0.05) is 24.4 Å². The van der Waals surface area contributed by atoms with Crippen LogP contribution in [0.5, 0.6) is 5.75 Å². The Labute approximate surface area is 179 Å². The maximum Gasteiger partial charge on any atom is 0.289 e. The summed E-state index contributed by atoms with van der Waals surface area (Å²) in [5, 5.41) is 16.1. The number of amides is 1. The minimum Gasteiger partial charge on any atom is -0.490 e. The first-order valence-corrected chi connectivity index (χ1v) is 9.37. The van der Waals surface area contributed by atoms with Crippen molar-refractivity contribution in [1.82, 2.24) is 5.32 Å². The quantitative estimate of drug-likeness (QED) is 0.261. The van der Waals surface area contributed by atoms with Gasteiger partial charge in [0.05, 0.1) is 16.0 Å². The van der Waals surface area contributed by atoms with Crippen molar-refractivity contribution in [2.75, 3.05) is 25.6 Å².